The molecule has 0 saturated heterocycles. The molecule has 0 aliphatic carbocycles. The molecule has 0 bridgehead atoms. The quantitative estimate of drug-likeness (QED) is 0.757. The topological polar surface area (TPSA) is 15.8 Å². The van der Waals surface area contributed by atoms with Gasteiger partial charge in [-0.15, -0.1) is 9.24 Å². The minimum atomic E-state index is -1.16. The second-order valence-corrected chi connectivity index (χ2v) is 9.06. The maximum atomic E-state index is 6.38. The van der Waals surface area contributed by atoms with E-state index in [0.29, 0.717) is 0 Å². The van der Waals surface area contributed by atoms with Crippen molar-refractivity contribution in [2.45, 2.75) is 11.8 Å². The highest BCUT2D eigenvalue weighted by Crippen LogP contribution is 2.56. The van der Waals surface area contributed by atoms with Crippen LogP contribution in [-0.2, 0) is 0 Å². The highest BCUT2D eigenvalue weighted by atomic mass is 35.7. The molecule has 0 aliphatic heterocycles. The van der Waals surface area contributed by atoms with Crippen LogP contribution >= 0.6 is 19.9 Å². The summed E-state index contributed by atoms with van der Waals surface area (Å²) >= 11 is 0. The first-order valence-electron chi connectivity index (χ1n) is 4.49. The van der Waals surface area contributed by atoms with Gasteiger partial charge in [-0.05, 0) is 31.1 Å². The van der Waals surface area contributed by atoms with Gasteiger partial charge in [0.1, 0.15) is 0 Å². The molecule has 1 aromatic heterocycles. The van der Waals surface area contributed by atoms with Crippen molar-refractivity contribution in [3.05, 3.63) is 30.0 Å². The third kappa shape index (κ3) is 1.64. The first-order chi connectivity index (χ1) is 6.48. The molecule has 0 amide bonds. The number of aromatic amines is 1. The van der Waals surface area contributed by atoms with E-state index in [0.717, 1.165) is 0 Å². The van der Waals surface area contributed by atoms with E-state index in [-0.39, 0.29) is 0 Å². The van der Waals surface area contributed by atoms with Crippen molar-refractivity contribution in [1.82, 2.24) is 4.98 Å². The molecule has 1 heterocycles. The Balaban J connectivity index is 2.70. The average molecular weight is 228 g/mol. The maximum Gasteiger partial charge on any atom is 0.0468 e. The zero-order chi connectivity index (χ0) is 10.3. The predicted octanol–water partition coefficient (Wildman–Crippen LogP) is 4.05. The first-order valence-corrected chi connectivity index (χ1v) is 7.77. The van der Waals surface area contributed by atoms with E-state index in [1.54, 1.807) is 0 Å². The molecule has 0 saturated carbocycles. The highest BCUT2D eigenvalue weighted by Gasteiger charge is 2.15. The molecule has 1 nitrogen and oxygen atoms in total. The van der Waals surface area contributed by atoms with E-state index in [1.807, 2.05) is 6.20 Å². The van der Waals surface area contributed by atoms with Crippen LogP contribution in [0, 0.1) is 6.92 Å². The molecule has 2 rings (SSSR count). The Morgan fingerprint density at radius 1 is 1.29 bits per heavy atom. The monoisotopic (exact) mass is 227 g/mol. The predicted molar refractivity (Wildman–Crippen MR) is 66.6 cm³/mol. The fourth-order valence-electron chi connectivity index (χ4n) is 1.62. The van der Waals surface area contributed by atoms with Crippen LogP contribution in [0.5, 0.6) is 0 Å². The van der Waals surface area contributed by atoms with Crippen molar-refractivity contribution in [2.75, 3.05) is 12.5 Å². The van der Waals surface area contributed by atoms with E-state index in [1.165, 1.54) is 21.4 Å². The summed E-state index contributed by atoms with van der Waals surface area (Å²) in [6, 6.07) is 6.43. The number of halogens is 1. The minimum Gasteiger partial charge on any atom is -0.360 e. The normalized spacial score (nSPS) is 13.4. The fraction of sp³-hybridized carbons (Fsp3) is 0.273. The largest absolute Gasteiger partial charge is 0.360 e. The van der Waals surface area contributed by atoms with Gasteiger partial charge in [0.25, 0.3) is 0 Å². The average Bonchev–Trinajstić information content (AvgIpc) is 2.45. The highest BCUT2D eigenvalue weighted by molar-refractivity contribution is 8.50. The van der Waals surface area contributed by atoms with Gasteiger partial charge in [-0.1, -0.05) is 22.8 Å². The molecular formula is C11H14ClNS. The van der Waals surface area contributed by atoms with Crippen LogP contribution in [0.15, 0.2) is 29.3 Å². The molecule has 1 N–H and O–H groups in total. The number of aryl methyl sites for hydroxylation is 1. The van der Waals surface area contributed by atoms with Crippen LogP contribution in [0.3, 0.4) is 0 Å². The van der Waals surface area contributed by atoms with E-state index in [2.05, 4.69) is 42.6 Å². The Hall–Kier alpha value is -0.600. The Bertz CT molecular complexity index is 468. The van der Waals surface area contributed by atoms with Crippen molar-refractivity contribution >= 4 is 30.8 Å². The SMILES string of the molecule is Cc1ccc2c(S(C)(C)Cl)c[nH]c2c1. The lowest BCUT2D eigenvalue weighted by atomic mass is 10.2. The molecular weight excluding hydrogens is 214 g/mol. The first kappa shape index (κ1) is 9.94. The lowest BCUT2D eigenvalue weighted by molar-refractivity contribution is 1.40. The molecule has 0 atom stereocenters. The van der Waals surface area contributed by atoms with Gasteiger partial charge in [-0.25, -0.2) is 0 Å². The van der Waals surface area contributed by atoms with Gasteiger partial charge >= 0.3 is 0 Å². The number of nitrogens with one attached hydrogen (secondary N) is 1. The molecule has 14 heavy (non-hydrogen) atoms. The Kier molecular flexibility index (Phi) is 2.28. The number of benzene rings is 1. The van der Waals surface area contributed by atoms with E-state index < -0.39 is 9.24 Å². The second-order valence-electron chi connectivity index (χ2n) is 3.90. The summed E-state index contributed by atoms with van der Waals surface area (Å²) in [5.74, 6) is 0. The van der Waals surface area contributed by atoms with Gasteiger partial charge in [-0.2, -0.15) is 0 Å². The minimum absolute atomic E-state index is 1.16. The van der Waals surface area contributed by atoms with Crippen LogP contribution < -0.4 is 0 Å². The van der Waals surface area contributed by atoms with E-state index in [4.69, 9.17) is 10.7 Å². The Morgan fingerprint density at radius 2 is 2.00 bits per heavy atom. The van der Waals surface area contributed by atoms with Gasteiger partial charge in [0.2, 0.25) is 0 Å². The number of H-pyrrole nitrogens is 1. The van der Waals surface area contributed by atoms with Crippen molar-refractivity contribution in [1.29, 1.82) is 0 Å². The van der Waals surface area contributed by atoms with E-state index in [9.17, 15) is 0 Å². The van der Waals surface area contributed by atoms with Crippen LogP contribution in [-0.4, -0.2) is 17.5 Å². The van der Waals surface area contributed by atoms with Gasteiger partial charge in [0, 0.05) is 22.0 Å². The van der Waals surface area contributed by atoms with Gasteiger partial charge in [0.05, 0.1) is 0 Å². The molecule has 0 unspecified atom stereocenters. The Labute approximate surface area is 90.3 Å². The summed E-state index contributed by atoms with van der Waals surface area (Å²) < 4.78 is 0. The third-order valence-electron chi connectivity index (χ3n) is 2.32. The molecule has 3 heteroatoms. The van der Waals surface area contributed by atoms with Crippen molar-refractivity contribution < 1.29 is 0 Å². The molecule has 2 aromatic rings. The molecule has 0 radical (unpaired) electrons. The standard InChI is InChI=1S/C11H14ClNS/c1-8-4-5-9-10(6-8)13-7-11(9)14(2,3)12/h4-7,13H,1-3H3. The molecule has 0 spiro atoms. The van der Waals surface area contributed by atoms with Gasteiger partial charge in [-0.3, -0.25) is 0 Å². The number of aromatic nitrogens is 1. The smallest absolute Gasteiger partial charge is 0.0468 e. The number of rotatable bonds is 1. The van der Waals surface area contributed by atoms with Crippen molar-refractivity contribution in [3.8, 4) is 0 Å². The van der Waals surface area contributed by atoms with Crippen LogP contribution in [0.1, 0.15) is 5.56 Å². The molecule has 1 aromatic carbocycles. The van der Waals surface area contributed by atoms with Crippen molar-refractivity contribution in [2.24, 2.45) is 0 Å². The zero-order valence-corrected chi connectivity index (χ0v) is 10.2. The summed E-state index contributed by atoms with van der Waals surface area (Å²) in [7, 11) is 5.22. The van der Waals surface area contributed by atoms with Gasteiger partial charge < -0.3 is 4.98 Å². The summed E-state index contributed by atoms with van der Waals surface area (Å²) in [4.78, 5) is 4.52. The maximum absolute atomic E-state index is 6.38. The molecule has 76 valence electrons. The van der Waals surface area contributed by atoms with Crippen molar-refractivity contribution in [3.63, 3.8) is 0 Å². The molecule has 0 aliphatic rings. The third-order valence-corrected chi connectivity index (χ3v) is 4.20. The number of fused-ring (bicyclic) bond motifs is 1. The van der Waals surface area contributed by atoms with Crippen LogP contribution in [0.25, 0.3) is 10.9 Å². The zero-order valence-electron chi connectivity index (χ0n) is 8.60. The summed E-state index contributed by atoms with van der Waals surface area (Å²) in [5.41, 5.74) is 2.45. The lowest BCUT2D eigenvalue weighted by Gasteiger charge is -2.20. The van der Waals surface area contributed by atoms with E-state index >= 15 is 0 Å². The van der Waals surface area contributed by atoms with Crippen LogP contribution in [0.4, 0.5) is 0 Å². The Morgan fingerprint density at radius 3 is 2.64 bits per heavy atom. The number of hydrogen-bond donors (Lipinski definition) is 1. The van der Waals surface area contributed by atoms with Gasteiger partial charge in [0.15, 0.2) is 0 Å². The summed E-state index contributed by atoms with van der Waals surface area (Å²) in [6.07, 6.45) is 6.22. The number of hydrogen-bond acceptors (Lipinski definition) is 0. The second kappa shape index (κ2) is 3.21. The van der Waals surface area contributed by atoms with Crippen LogP contribution in [0.2, 0.25) is 0 Å². The summed E-state index contributed by atoms with van der Waals surface area (Å²) in [5, 5.41) is 1.26. The fourth-order valence-corrected chi connectivity index (χ4v) is 3.04. The molecule has 0 fully saturated rings. The lowest BCUT2D eigenvalue weighted by Crippen LogP contribution is -1.84. The summed E-state index contributed by atoms with van der Waals surface area (Å²) in [6.45, 7) is 2.10.